The Bertz CT molecular complexity index is 472. The second kappa shape index (κ2) is 6.84. The summed E-state index contributed by atoms with van der Waals surface area (Å²) in [6, 6.07) is 4.60. The van der Waals surface area contributed by atoms with Crippen molar-refractivity contribution in [1.82, 2.24) is 10.6 Å². The minimum absolute atomic E-state index is 0.00414. The molecule has 0 saturated heterocycles. The minimum Gasteiger partial charge on any atom is -0.351 e. The first kappa shape index (κ1) is 15.1. The van der Waals surface area contributed by atoms with Crippen LogP contribution in [0.5, 0.6) is 0 Å². The van der Waals surface area contributed by atoms with Gasteiger partial charge in [-0.2, -0.15) is 0 Å². The molecule has 1 aromatic rings. The molecule has 0 bridgehead atoms. The Kier molecular flexibility index (Phi) is 5.44. The van der Waals surface area contributed by atoms with Gasteiger partial charge >= 0.3 is 0 Å². The topological polar surface area (TPSA) is 84.3 Å². The van der Waals surface area contributed by atoms with Crippen molar-refractivity contribution in [3.63, 3.8) is 0 Å². The second-order valence-electron chi connectivity index (χ2n) is 4.62. The highest BCUT2D eigenvalue weighted by atomic mass is 16.6. The Balaban J connectivity index is 2.60. The van der Waals surface area contributed by atoms with E-state index >= 15 is 0 Å². The number of nitrogens with one attached hydrogen (secondary N) is 2. The van der Waals surface area contributed by atoms with Crippen LogP contribution in [-0.4, -0.2) is 30.0 Å². The smallest absolute Gasteiger partial charge is 0.269 e. The van der Waals surface area contributed by atoms with Gasteiger partial charge in [0.2, 0.25) is 0 Å². The average molecular weight is 265 g/mol. The number of carbonyl (C=O) groups is 1. The van der Waals surface area contributed by atoms with E-state index in [-0.39, 0.29) is 11.6 Å². The second-order valence-corrected chi connectivity index (χ2v) is 4.62. The maximum absolute atomic E-state index is 11.9. The van der Waals surface area contributed by atoms with E-state index in [1.54, 1.807) is 6.92 Å². The number of rotatable bonds is 6. The summed E-state index contributed by atoms with van der Waals surface area (Å²) < 4.78 is 0. The van der Waals surface area contributed by atoms with E-state index in [0.29, 0.717) is 30.3 Å². The predicted molar refractivity (Wildman–Crippen MR) is 73.3 cm³/mol. The van der Waals surface area contributed by atoms with Crippen LogP contribution < -0.4 is 10.6 Å². The number of amides is 1. The fourth-order valence-corrected chi connectivity index (χ4v) is 1.65. The number of hydrogen-bond donors (Lipinski definition) is 2. The summed E-state index contributed by atoms with van der Waals surface area (Å²) in [5.41, 5.74) is 1.06. The van der Waals surface area contributed by atoms with Gasteiger partial charge in [-0.15, -0.1) is 0 Å². The summed E-state index contributed by atoms with van der Waals surface area (Å²) in [6.45, 7) is 6.96. The molecule has 6 heteroatoms. The van der Waals surface area contributed by atoms with Gasteiger partial charge in [0.15, 0.2) is 0 Å². The molecular weight excluding hydrogens is 246 g/mol. The maximum atomic E-state index is 11.9. The molecule has 1 amide bonds. The fraction of sp³-hybridized carbons (Fsp3) is 0.462. The Morgan fingerprint density at radius 1 is 1.37 bits per heavy atom. The average Bonchev–Trinajstić information content (AvgIpc) is 2.33. The van der Waals surface area contributed by atoms with Gasteiger partial charge in [0.25, 0.3) is 11.6 Å². The van der Waals surface area contributed by atoms with Crippen molar-refractivity contribution >= 4 is 11.6 Å². The van der Waals surface area contributed by atoms with Crippen molar-refractivity contribution < 1.29 is 9.72 Å². The molecule has 0 atom stereocenters. The van der Waals surface area contributed by atoms with Crippen LogP contribution in [0, 0.1) is 17.0 Å². The summed E-state index contributed by atoms with van der Waals surface area (Å²) in [5.74, 6) is -0.210. The summed E-state index contributed by atoms with van der Waals surface area (Å²) in [7, 11) is 0. The molecule has 0 aliphatic rings. The van der Waals surface area contributed by atoms with Crippen LogP contribution in [0.4, 0.5) is 5.69 Å². The van der Waals surface area contributed by atoms with Crippen LogP contribution in [-0.2, 0) is 0 Å². The molecule has 6 nitrogen and oxygen atoms in total. The molecule has 0 aliphatic carbocycles. The lowest BCUT2D eigenvalue weighted by Crippen LogP contribution is -2.34. The summed E-state index contributed by atoms with van der Waals surface area (Å²) in [5, 5.41) is 16.6. The number of non-ortho nitro benzene ring substituents is 1. The molecule has 0 aromatic heterocycles. The van der Waals surface area contributed by atoms with Crippen molar-refractivity contribution in [2.45, 2.75) is 26.8 Å². The third-order valence-electron chi connectivity index (χ3n) is 2.63. The van der Waals surface area contributed by atoms with E-state index in [9.17, 15) is 14.9 Å². The molecule has 0 fully saturated rings. The minimum atomic E-state index is -0.471. The monoisotopic (exact) mass is 265 g/mol. The highest BCUT2D eigenvalue weighted by molar-refractivity contribution is 5.95. The lowest BCUT2D eigenvalue weighted by atomic mass is 10.1. The molecule has 0 unspecified atom stereocenters. The van der Waals surface area contributed by atoms with Gasteiger partial charge in [0, 0.05) is 36.8 Å². The number of benzene rings is 1. The van der Waals surface area contributed by atoms with Crippen LogP contribution >= 0.6 is 0 Å². The van der Waals surface area contributed by atoms with E-state index < -0.39 is 4.92 Å². The summed E-state index contributed by atoms with van der Waals surface area (Å²) in [4.78, 5) is 22.0. The highest BCUT2D eigenvalue weighted by Gasteiger charge is 2.12. The van der Waals surface area contributed by atoms with Crippen molar-refractivity contribution in [1.29, 1.82) is 0 Å². The Morgan fingerprint density at radius 3 is 2.58 bits per heavy atom. The van der Waals surface area contributed by atoms with E-state index in [4.69, 9.17) is 0 Å². The number of hydrogen-bond acceptors (Lipinski definition) is 4. The largest absolute Gasteiger partial charge is 0.351 e. The molecule has 2 N–H and O–H groups in total. The normalized spacial score (nSPS) is 10.5. The standard InChI is InChI=1S/C13H19N3O3/c1-9(2)14-6-7-15-13(17)12-5-4-11(16(18)19)8-10(12)3/h4-5,8-9,14H,6-7H2,1-3H3,(H,15,17). The number of nitrogens with zero attached hydrogens (tertiary/aromatic N) is 1. The molecule has 104 valence electrons. The SMILES string of the molecule is Cc1cc([N+](=O)[O-])ccc1C(=O)NCCNC(C)C. The van der Waals surface area contributed by atoms with Crippen molar-refractivity contribution in [2.24, 2.45) is 0 Å². The number of carbonyl (C=O) groups excluding carboxylic acids is 1. The molecular formula is C13H19N3O3. The van der Waals surface area contributed by atoms with E-state index in [0.717, 1.165) is 0 Å². The number of nitro groups is 1. The Labute approximate surface area is 112 Å². The summed E-state index contributed by atoms with van der Waals surface area (Å²) in [6.07, 6.45) is 0. The van der Waals surface area contributed by atoms with Crippen LogP contribution in [0.25, 0.3) is 0 Å². The number of aryl methyl sites for hydroxylation is 1. The third kappa shape index (κ3) is 4.67. The zero-order valence-corrected chi connectivity index (χ0v) is 11.4. The summed E-state index contributed by atoms with van der Waals surface area (Å²) >= 11 is 0. The number of nitro benzene ring substituents is 1. The third-order valence-corrected chi connectivity index (χ3v) is 2.63. The highest BCUT2D eigenvalue weighted by Crippen LogP contribution is 2.16. The fourth-order valence-electron chi connectivity index (χ4n) is 1.65. The maximum Gasteiger partial charge on any atom is 0.269 e. The van der Waals surface area contributed by atoms with Gasteiger partial charge in [0.05, 0.1) is 4.92 Å². The van der Waals surface area contributed by atoms with Crippen molar-refractivity contribution in [3.05, 3.63) is 39.4 Å². The van der Waals surface area contributed by atoms with Crippen LogP contribution in [0.3, 0.4) is 0 Å². The van der Waals surface area contributed by atoms with Gasteiger partial charge in [-0.3, -0.25) is 14.9 Å². The Hall–Kier alpha value is -1.95. The van der Waals surface area contributed by atoms with Crippen LogP contribution in [0.15, 0.2) is 18.2 Å². The first-order chi connectivity index (χ1) is 8.91. The first-order valence-electron chi connectivity index (χ1n) is 6.18. The van der Waals surface area contributed by atoms with Gasteiger partial charge in [-0.25, -0.2) is 0 Å². The van der Waals surface area contributed by atoms with Crippen LogP contribution in [0.1, 0.15) is 29.8 Å². The molecule has 0 aliphatic heterocycles. The molecule has 1 aromatic carbocycles. The molecule has 0 radical (unpaired) electrons. The zero-order valence-electron chi connectivity index (χ0n) is 11.4. The quantitative estimate of drug-likeness (QED) is 0.465. The van der Waals surface area contributed by atoms with Gasteiger partial charge in [0.1, 0.15) is 0 Å². The van der Waals surface area contributed by atoms with E-state index in [1.165, 1.54) is 18.2 Å². The lowest BCUT2D eigenvalue weighted by Gasteiger charge is -2.10. The van der Waals surface area contributed by atoms with Gasteiger partial charge < -0.3 is 10.6 Å². The molecule has 0 spiro atoms. The van der Waals surface area contributed by atoms with E-state index in [1.807, 2.05) is 13.8 Å². The van der Waals surface area contributed by atoms with Gasteiger partial charge in [-0.1, -0.05) is 13.8 Å². The molecule has 19 heavy (non-hydrogen) atoms. The van der Waals surface area contributed by atoms with Crippen molar-refractivity contribution in [3.8, 4) is 0 Å². The predicted octanol–water partition coefficient (Wildman–Crippen LogP) is 1.63. The Morgan fingerprint density at radius 2 is 2.05 bits per heavy atom. The molecule has 1 rings (SSSR count). The molecule has 0 heterocycles. The van der Waals surface area contributed by atoms with Crippen LogP contribution in [0.2, 0.25) is 0 Å². The van der Waals surface area contributed by atoms with Crippen molar-refractivity contribution in [2.75, 3.05) is 13.1 Å². The first-order valence-corrected chi connectivity index (χ1v) is 6.18. The zero-order chi connectivity index (χ0) is 14.4. The molecule has 0 saturated carbocycles. The van der Waals surface area contributed by atoms with Gasteiger partial charge in [-0.05, 0) is 18.6 Å². The lowest BCUT2D eigenvalue weighted by molar-refractivity contribution is -0.384. The van der Waals surface area contributed by atoms with E-state index in [2.05, 4.69) is 10.6 Å².